The molecule has 2 rings (SSSR count). The highest BCUT2D eigenvalue weighted by molar-refractivity contribution is 7.92. The van der Waals surface area contributed by atoms with E-state index in [4.69, 9.17) is 0 Å². The number of rotatable bonds is 12. The fraction of sp³-hybridized carbons (Fsp3) is 0.481. The van der Waals surface area contributed by atoms with E-state index in [2.05, 4.69) is 5.32 Å². The van der Waals surface area contributed by atoms with Crippen LogP contribution in [0.5, 0.6) is 0 Å². The Morgan fingerprint density at radius 3 is 2.20 bits per heavy atom. The molecule has 0 spiro atoms. The maximum Gasteiger partial charge on any atom is 0.244 e. The summed E-state index contributed by atoms with van der Waals surface area (Å²) in [7, 11) is -3.74. The summed E-state index contributed by atoms with van der Waals surface area (Å²) >= 11 is 0. The molecule has 0 aliphatic carbocycles. The number of sulfonamides is 1. The average Bonchev–Trinajstić information content (AvgIpc) is 2.81. The van der Waals surface area contributed by atoms with Crippen molar-refractivity contribution >= 4 is 27.5 Å². The lowest BCUT2D eigenvalue weighted by Crippen LogP contribution is -2.54. The zero-order chi connectivity index (χ0) is 26.2. The van der Waals surface area contributed by atoms with E-state index in [0.29, 0.717) is 25.1 Å². The molecular formula is C27H39N3O4S. The van der Waals surface area contributed by atoms with Crippen LogP contribution in [0.4, 0.5) is 5.69 Å². The van der Waals surface area contributed by atoms with Gasteiger partial charge in [0.05, 0.1) is 11.9 Å². The van der Waals surface area contributed by atoms with Crippen molar-refractivity contribution < 1.29 is 18.0 Å². The molecular weight excluding hydrogens is 462 g/mol. The number of carbonyl (C=O) groups is 2. The average molecular weight is 502 g/mol. The minimum atomic E-state index is -3.74. The van der Waals surface area contributed by atoms with Crippen molar-refractivity contribution in [1.29, 1.82) is 0 Å². The van der Waals surface area contributed by atoms with Gasteiger partial charge >= 0.3 is 0 Å². The van der Waals surface area contributed by atoms with Crippen molar-refractivity contribution in [3.8, 4) is 0 Å². The number of aryl methyl sites for hydroxylation is 1. The Labute approximate surface area is 210 Å². The molecule has 0 unspecified atom stereocenters. The predicted octanol–water partition coefficient (Wildman–Crippen LogP) is 3.83. The fourth-order valence-corrected chi connectivity index (χ4v) is 4.84. The van der Waals surface area contributed by atoms with Gasteiger partial charge in [0.2, 0.25) is 21.8 Å². The van der Waals surface area contributed by atoms with Gasteiger partial charge in [-0.2, -0.15) is 0 Å². The first-order chi connectivity index (χ1) is 16.5. The van der Waals surface area contributed by atoms with Crippen LogP contribution in [0.15, 0.2) is 48.5 Å². The van der Waals surface area contributed by atoms with Gasteiger partial charge in [-0.15, -0.1) is 0 Å². The highest BCUT2D eigenvalue weighted by Gasteiger charge is 2.32. The van der Waals surface area contributed by atoms with Crippen LogP contribution in [0.2, 0.25) is 0 Å². The summed E-state index contributed by atoms with van der Waals surface area (Å²) in [4.78, 5) is 28.3. The van der Waals surface area contributed by atoms with Gasteiger partial charge in [-0.05, 0) is 62.8 Å². The lowest BCUT2D eigenvalue weighted by atomic mass is 10.1. The van der Waals surface area contributed by atoms with E-state index < -0.39 is 22.0 Å². The van der Waals surface area contributed by atoms with E-state index in [9.17, 15) is 18.0 Å². The monoisotopic (exact) mass is 501 g/mol. The minimum Gasteiger partial charge on any atom is -0.352 e. The summed E-state index contributed by atoms with van der Waals surface area (Å²) in [6.45, 7) is 9.45. The lowest BCUT2D eigenvalue weighted by molar-refractivity contribution is -0.139. The van der Waals surface area contributed by atoms with Gasteiger partial charge in [0.1, 0.15) is 12.6 Å². The van der Waals surface area contributed by atoms with Crippen molar-refractivity contribution in [2.45, 2.75) is 66.0 Å². The van der Waals surface area contributed by atoms with Crippen molar-refractivity contribution in [1.82, 2.24) is 10.2 Å². The van der Waals surface area contributed by atoms with Crippen molar-refractivity contribution in [2.24, 2.45) is 0 Å². The maximum atomic E-state index is 13.7. The number of carbonyl (C=O) groups excluding carboxylic acids is 2. The quantitative estimate of drug-likeness (QED) is 0.479. The molecule has 1 N–H and O–H groups in total. The standard InChI is InChI=1S/C27H39N3O4S/c1-7-21(4)28-27(32)24(8-2)29(18-17-23-14-10-9-11-15-23)26(31)19-30(35(6,33)34)25-16-12-13-20(3)22(25)5/h9-16,21,24H,7-8,17-19H2,1-6H3,(H,28,32)/t21-,24+/m1/s1. The Kier molecular flexibility index (Phi) is 10.3. The molecule has 2 aromatic rings. The normalized spacial score (nSPS) is 13.1. The van der Waals surface area contributed by atoms with E-state index in [0.717, 1.165) is 33.7 Å². The third-order valence-electron chi connectivity index (χ3n) is 6.40. The van der Waals surface area contributed by atoms with Gasteiger partial charge in [-0.1, -0.05) is 56.3 Å². The number of hydrogen-bond acceptors (Lipinski definition) is 4. The summed E-state index contributed by atoms with van der Waals surface area (Å²) in [5.74, 6) is -0.626. The van der Waals surface area contributed by atoms with Gasteiger partial charge in [-0.3, -0.25) is 13.9 Å². The number of benzene rings is 2. The molecule has 2 atom stereocenters. The zero-order valence-electron chi connectivity index (χ0n) is 21.7. The van der Waals surface area contributed by atoms with Gasteiger partial charge in [0.25, 0.3) is 0 Å². The molecule has 0 radical (unpaired) electrons. The molecule has 2 aromatic carbocycles. The smallest absolute Gasteiger partial charge is 0.244 e. The summed E-state index contributed by atoms with van der Waals surface area (Å²) in [6.07, 6.45) is 2.85. The molecule has 0 aliphatic rings. The van der Waals surface area contributed by atoms with Crippen molar-refractivity contribution in [3.05, 3.63) is 65.2 Å². The first-order valence-electron chi connectivity index (χ1n) is 12.2. The molecule has 2 amide bonds. The number of hydrogen-bond donors (Lipinski definition) is 1. The SMILES string of the molecule is CC[C@@H](C)NC(=O)[C@H](CC)N(CCc1ccccc1)C(=O)CN(c1cccc(C)c1C)S(C)(=O)=O. The number of nitrogens with zero attached hydrogens (tertiary/aromatic N) is 2. The van der Waals surface area contributed by atoms with Crippen LogP contribution in [0, 0.1) is 13.8 Å². The Bertz CT molecular complexity index is 1100. The molecule has 0 heterocycles. The predicted molar refractivity (Wildman–Crippen MR) is 142 cm³/mol. The van der Waals surface area contributed by atoms with Crippen LogP contribution >= 0.6 is 0 Å². The van der Waals surface area contributed by atoms with Crippen LogP contribution in [0.1, 0.15) is 50.3 Å². The molecule has 0 saturated heterocycles. The largest absolute Gasteiger partial charge is 0.352 e. The molecule has 7 nitrogen and oxygen atoms in total. The van der Waals surface area contributed by atoms with Crippen LogP contribution < -0.4 is 9.62 Å². The van der Waals surface area contributed by atoms with E-state index >= 15 is 0 Å². The van der Waals surface area contributed by atoms with Crippen LogP contribution in [0.3, 0.4) is 0 Å². The second-order valence-electron chi connectivity index (χ2n) is 9.05. The third-order valence-corrected chi connectivity index (χ3v) is 7.52. The summed E-state index contributed by atoms with van der Waals surface area (Å²) in [5, 5.41) is 2.98. The van der Waals surface area contributed by atoms with Crippen molar-refractivity contribution in [2.75, 3.05) is 23.7 Å². The van der Waals surface area contributed by atoms with Gasteiger partial charge < -0.3 is 10.2 Å². The first-order valence-corrected chi connectivity index (χ1v) is 14.0. The van der Waals surface area contributed by atoms with E-state index in [-0.39, 0.29) is 18.5 Å². The molecule has 0 fully saturated rings. The molecule has 8 heteroatoms. The van der Waals surface area contributed by atoms with Crippen molar-refractivity contribution in [3.63, 3.8) is 0 Å². The second-order valence-corrected chi connectivity index (χ2v) is 11.0. The number of amides is 2. The topological polar surface area (TPSA) is 86.8 Å². The van der Waals surface area contributed by atoms with E-state index in [1.807, 2.05) is 71.0 Å². The van der Waals surface area contributed by atoms with Gasteiger partial charge in [0, 0.05) is 12.6 Å². The fourth-order valence-electron chi connectivity index (χ4n) is 3.94. The number of anilines is 1. The molecule has 192 valence electrons. The minimum absolute atomic E-state index is 0.0231. The summed E-state index contributed by atoms with van der Waals surface area (Å²) in [6, 6.07) is 14.4. The summed E-state index contributed by atoms with van der Waals surface area (Å²) < 4.78 is 26.7. The Hall–Kier alpha value is -2.87. The summed E-state index contributed by atoms with van der Waals surface area (Å²) in [5.41, 5.74) is 3.24. The molecule has 0 saturated carbocycles. The number of nitrogens with one attached hydrogen (secondary N) is 1. The van der Waals surface area contributed by atoms with E-state index in [1.54, 1.807) is 12.1 Å². The van der Waals surface area contributed by atoms with Gasteiger partial charge in [0.15, 0.2) is 0 Å². The highest BCUT2D eigenvalue weighted by Crippen LogP contribution is 2.25. The molecule has 0 bridgehead atoms. The first kappa shape index (κ1) is 28.4. The Morgan fingerprint density at radius 2 is 1.63 bits per heavy atom. The maximum absolute atomic E-state index is 13.7. The molecule has 0 aromatic heterocycles. The van der Waals surface area contributed by atoms with E-state index in [1.165, 1.54) is 4.90 Å². The Morgan fingerprint density at radius 1 is 0.971 bits per heavy atom. The van der Waals surface area contributed by atoms with Crippen LogP contribution in [0.25, 0.3) is 0 Å². The second kappa shape index (κ2) is 12.7. The molecule has 0 aliphatic heterocycles. The highest BCUT2D eigenvalue weighted by atomic mass is 32.2. The zero-order valence-corrected chi connectivity index (χ0v) is 22.6. The van der Waals surface area contributed by atoms with Crippen LogP contribution in [-0.2, 0) is 26.0 Å². The lowest BCUT2D eigenvalue weighted by Gasteiger charge is -2.33. The van der Waals surface area contributed by atoms with Crippen LogP contribution in [-0.4, -0.2) is 56.6 Å². The Balaban J connectivity index is 2.40. The third kappa shape index (κ3) is 7.82. The molecule has 35 heavy (non-hydrogen) atoms. The van der Waals surface area contributed by atoms with Gasteiger partial charge in [-0.25, -0.2) is 8.42 Å².